The Hall–Kier alpha value is -0.380. The van der Waals surface area contributed by atoms with Crippen molar-refractivity contribution in [2.24, 2.45) is 17.7 Å². The fourth-order valence-corrected chi connectivity index (χ4v) is 3.73. The van der Waals surface area contributed by atoms with Gasteiger partial charge in [0.25, 0.3) is 0 Å². The van der Waals surface area contributed by atoms with Gasteiger partial charge >= 0.3 is 0 Å². The minimum Gasteiger partial charge on any atom is -0.271 e. The number of hydrazine groups is 1. The zero-order valence-electron chi connectivity index (χ0n) is 10.2. The Bertz CT molecular complexity index is 334. The van der Waals surface area contributed by atoms with Gasteiger partial charge in [0.15, 0.2) is 0 Å². The number of nitrogens with one attached hydrogen (secondary N) is 1. The molecule has 0 saturated heterocycles. The maximum absolute atomic E-state index is 5.76. The van der Waals surface area contributed by atoms with E-state index in [9.17, 15) is 0 Å². The van der Waals surface area contributed by atoms with E-state index in [4.69, 9.17) is 5.84 Å². The van der Waals surface area contributed by atoms with Crippen molar-refractivity contribution >= 4 is 11.3 Å². The van der Waals surface area contributed by atoms with Crippen molar-refractivity contribution in [1.82, 2.24) is 5.43 Å². The molecule has 1 aromatic heterocycles. The summed E-state index contributed by atoms with van der Waals surface area (Å²) in [4.78, 5) is 1.40. The molecule has 1 aliphatic rings. The van der Waals surface area contributed by atoms with Gasteiger partial charge in [0, 0.05) is 10.9 Å². The van der Waals surface area contributed by atoms with Gasteiger partial charge in [-0.2, -0.15) is 0 Å². The molecule has 2 rings (SSSR count). The molecule has 1 fully saturated rings. The molecule has 2 nitrogen and oxygen atoms in total. The SMILES string of the molecule is Cc1sccc1C(NN)C1CCCC(C)C1. The summed E-state index contributed by atoms with van der Waals surface area (Å²) in [5, 5.41) is 2.17. The van der Waals surface area contributed by atoms with Crippen LogP contribution in [0.5, 0.6) is 0 Å². The van der Waals surface area contributed by atoms with E-state index < -0.39 is 0 Å². The Morgan fingerprint density at radius 3 is 2.88 bits per heavy atom. The fourth-order valence-electron chi connectivity index (χ4n) is 2.98. The van der Waals surface area contributed by atoms with Crippen LogP contribution >= 0.6 is 11.3 Å². The third-order valence-corrected chi connectivity index (χ3v) is 4.72. The van der Waals surface area contributed by atoms with Crippen LogP contribution in [0.25, 0.3) is 0 Å². The highest BCUT2D eigenvalue weighted by atomic mass is 32.1. The Morgan fingerprint density at radius 2 is 2.31 bits per heavy atom. The first-order valence-corrected chi connectivity index (χ1v) is 7.10. The third-order valence-electron chi connectivity index (χ3n) is 3.86. The molecule has 0 amide bonds. The fraction of sp³-hybridized carbons (Fsp3) is 0.692. The van der Waals surface area contributed by atoms with Crippen molar-refractivity contribution in [2.45, 2.75) is 45.6 Å². The number of rotatable bonds is 3. The van der Waals surface area contributed by atoms with Crippen LogP contribution in [0.15, 0.2) is 11.4 Å². The first-order valence-electron chi connectivity index (χ1n) is 6.22. The van der Waals surface area contributed by atoms with Crippen LogP contribution in [-0.2, 0) is 0 Å². The van der Waals surface area contributed by atoms with E-state index in [0.717, 1.165) is 5.92 Å². The molecule has 0 bridgehead atoms. The van der Waals surface area contributed by atoms with E-state index in [1.165, 1.54) is 36.1 Å². The first kappa shape index (κ1) is 12.1. The number of aryl methyl sites for hydroxylation is 1. The Balaban J connectivity index is 2.13. The molecular formula is C13H22N2S. The molecule has 3 N–H and O–H groups in total. The zero-order valence-corrected chi connectivity index (χ0v) is 11.0. The number of thiophene rings is 1. The van der Waals surface area contributed by atoms with Gasteiger partial charge in [0.05, 0.1) is 0 Å². The van der Waals surface area contributed by atoms with E-state index >= 15 is 0 Å². The normalized spacial score (nSPS) is 27.9. The van der Waals surface area contributed by atoms with Gasteiger partial charge in [0.1, 0.15) is 0 Å². The van der Waals surface area contributed by atoms with Crippen LogP contribution in [0.2, 0.25) is 0 Å². The first-order chi connectivity index (χ1) is 7.72. The van der Waals surface area contributed by atoms with Gasteiger partial charge in [-0.05, 0) is 48.6 Å². The van der Waals surface area contributed by atoms with Crippen molar-refractivity contribution in [3.8, 4) is 0 Å². The molecule has 3 heteroatoms. The maximum Gasteiger partial charge on any atom is 0.0499 e. The second-order valence-electron chi connectivity index (χ2n) is 5.11. The number of nitrogens with two attached hydrogens (primary N) is 1. The quantitative estimate of drug-likeness (QED) is 0.626. The maximum atomic E-state index is 5.76. The molecule has 3 atom stereocenters. The average molecular weight is 238 g/mol. The van der Waals surface area contributed by atoms with Crippen molar-refractivity contribution in [2.75, 3.05) is 0 Å². The molecule has 1 heterocycles. The molecule has 1 aromatic rings. The van der Waals surface area contributed by atoms with Gasteiger partial charge in [-0.25, -0.2) is 0 Å². The molecule has 1 saturated carbocycles. The highest BCUT2D eigenvalue weighted by Gasteiger charge is 2.28. The molecule has 16 heavy (non-hydrogen) atoms. The van der Waals surface area contributed by atoms with E-state index in [0.29, 0.717) is 12.0 Å². The lowest BCUT2D eigenvalue weighted by Crippen LogP contribution is -2.35. The molecule has 90 valence electrons. The summed E-state index contributed by atoms with van der Waals surface area (Å²) >= 11 is 1.82. The summed E-state index contributed by atoms with van der Waals surface area (Å²) in [5.74, 6) is 7.33. The van der Waals surface area contributed by atoms with Gasteiger partial charge in [-0.3, -0.25) is 11.3 Å². The zero-order chi connectivity index (χ0) is 11.5. The lowest BCUT2D eigenvalue weighted by atomic mass is 9.77. The van der Waals surface area contributed by atoms with Gasteiger partial charge < -0.3 is 0 Å². The van der Waals surface area contributed by atoms with Crippen molar-refractivity contribution in [1.29, 1.82) is 0 Å². The van der Waals surface area contributed by atoms with E-state index in [-0.39, 0.29) is 0 Å². The predicted molar refractivity (Wildman–Crippen MR) is 70.2 cm³/mol. The largest absolute Gasteiger partial charge is 0.271 e. The summed E-state index contributed by atoms with van der Waals surface area (Å²) < 4.78 is 0. The standard InChI is InChI=1S/C13H22N2S/c1-9-4-3-5-11(8-9)13(15-14)12-6-7-16-10(12)2/h6-7,9,11,13,15H,3-5,8,14H2,1-2H3. The number of hydrogen-bond donors (Lipinski definition) is 2. The summed E-state index contributed by atoms with van der Waals surface area (Å²) in [5.41, 5.74) is 4.45. The number of hydrogen-bond acceptors (Lipinski definition) is 3. The molecule has 3 unspecified atom stereocenters. The summed E-state index contributed by atoms with van der Waals surface area (Å²) in [6.07, 6.45) is 5.36. The van der Waals surface area contributed by atoms with Gasteiger partial charge in [0.2, 0.25) is 0 Å². The lowest BCUT2D eigenvalue weighted by molar-refractivity contribution is 0.224. The molecule has 0 spiro atoms. The Morgan fingerprint density at radius 1 is 1.50 bits per heavy atom. The minimum atomic E-state index is 0.356. The topological polar surface area (TPSA) is 38.0 Å². The van der Waals surface area contributed by atoms with Crippen molar-refractivity contribution in [3.63, 3.8) is 0 Å². The molecule has 1 aliphatic carbocycles. The monoisotopic (exact) mass is 238 g/mol. The average Bonchev–Trinajstić information content (AvgIpc) is 2.67. The Labute approximate surface area is 102 Å². The highest BCUT2D eigenvalue weighted by Crippen LogP contribution is 2.38. The van der Waals surface area contributed by atoms with Crippen molar-refractivity contribution in [3.05, 3.63) is 21.9 Å². The van der Waals surface area contributed by atoms with Crippen LogP contribution < -0.4 is 11.3 Å². The summed E-state index contributed by atoms with van der Waals surface area (Å²) in [7, 11) is 0. The van der Waals surface area contributed by atoms with E-state index in [2.05, 4.69) is 30.7 Å². The van der Waals surface area contributed by atoms with E-state index in [1.54, 1.807) is 0 Å². The van der Waals surface area contributed by atoms with Gasteiger partial charge in [-0.15, -0.1) is 11.3 Å². The van der Waals surface area contributed by atoms with Crippen LogP contribution in [-0.4, -0.2) is 0 Å². The van der Waals surface area contributed by atoms with Crippen LogP contribution in [0.4, 0.5) is 0 Å². The van der Waals surface area contributed by atoms with E-state index in [1.807, 2.05) is 11.3 Å². The molecule has 0 aromatic carbocycles. The summed E-state index contributed by atoms with van der Waals surface area (Å²) in [6.45, 7) is 4.55. The third kappa shape index (κ3) is 2.47. The van der Waals surface area contributed by atoms with Crippen LogP contribution in [0.3, 0.4) is 0 Å². The van der Waals surface area contributed by atoms with Gasteiger partial charge in [-0.1, -0.05) is 19.8 Å². The second kappa shape index (κ2) is 5.30. The van der Waals surface area contributed by atoms with Crippen LogP contribution in [0.1, 0.15) is 49.1 Å². The molecule has 0 aliphatic heterocycles. The summed E-state index contributed by atoms with van der Waals surface area (Å²) in [6, 6.07) is 2.58. The highest BCUT2D eigenvalue weighted by molar-refractivity contribution is 7.10. The lowest BCUT2D eigenvalue weighted by Gasteiger charge is -2.33. The van der Waals surface area contributed by atoms with Crippen molar-refractivity contribution < 1.29 is 0 Å². The molecule has 0 radical (unpaired) electrons. The molecular weight excluding hydrogens is 216 g/mol. The smallest absolute Gasteiger partial charge is 0.0499 e. The Kier molecular flexibility index (Phi) is 4.00. The predicted octanol–water partition coefficient (Wildman–Crippen LogP) is 3.39. The minimum absolute atomic E-state index is 0.356. The second-order valence-corrected chi connectivity index (χ2v) is 6.23. The van der Waals surface area contributed by atoms with Crippen LogP contribution in [0, 0.1) is 18.8 Å².